The maximum Gasteiger partial charge on any atom is 0.330 e. The largest absolute Gasteiger partial charge is 0.493 e. The number of fused-ring (bicyclic) bond motifs is 1. The highest BCUT2D eigenvalue weighted by Crippen LogP contribution is 2.35. The van der Waals surface area contributed by atoms with Crippen LogP contribution in [0.25, 0.3) is 11.6 Å². The minimum atomic E-state index is -1.10. The fourth-order valence-electron chi connectivity index (χ4n) is 4.04. The highest BCUT2D eigenvalue weighted by atomic mass is 35.5. The molecule has 11 heteroatoms. The summed E-state index contributed by atoms with van der Waals surface area (Å²) in [6.45, 7) is 3.19. The third kappa shape index (κ3) is 4.25. The Kier molecular flexibility index (Phi) is 6.11. The van der Waals surface area contributed by atoms with Crippen LogP contribution in [0.3, 0.4) is 0 Å². The van der Waals surface area contributed by atoms with E-state index in [1.807, 2.05) is 0 Å². The summed E-state index contributed by atoms with van der Waals surface area (Å²) in [5, 5.41) is 26.0. The molecule has 0 unspecified atom stereocenters. The van der Waals surface area contributed by atoms with Crippen LogP contribution in [0.4, 0.5) is 5.69 Å². The smallest absolute Gasteiger partial charge is 0.330 e. The van der Waals surface area contributed by atoms with Gasteiger partial charge >= 0.3 is 5.69 Å². The first kappa shape index (κ1) is 23.4. The number of H-pyrrole nitrogens is 1. The summed E-state index contributed by atoms with van der Waals surface area (Å²) in [5.74, 6) is -0.956. The van der Waals surface area contributed by atoms with Gasteiger partial charge in [0.05, 0.1) is 30.0 Å². The number of aryl methyl sites for hydroxylation is 2. The third-order valence-electron chi connectivity index (χ3n) is 5.77. The summed E-state index contributed by atoms with van der Waals surface area (Å²) in [6, 6.07) is 5.13. The Morgan fingerprint density at radius 2 is 2.03 bits per heavy atom. The van der Waals surface area contributed by atoms with E-state index in [2.05, 4.69) is 15.6 Å². The van der Waals surface area contributed by atoms with E-state index in [0.29, 0.717) is 44.4 Å². The molecule has 0 spiro atoms. The molecule has 1 aliphatic rings. The molecule has 1 aromatic carbocycles. The number of aromatic amines is 1. The lowest BCUT2D eigenvalue weighted by Crippen LogP contribution is -2.37. The number of hydrogen-bond donors (Lipinski definition) is 5. The van der Waals surface area contributed by atoms with Crippen LogP contribution in [0, 0.1) is 13.8 Å². The van der Waals surface area contributed by atoms with Gasteiger partial charge in [-0.05, 0) is 43.7 Å². The first-order valence-electron chi connectivity index (χ1n) is 10.5. The van der Waals surface area contributed by atoms with Crippen LogP contribution in [0.5, 0.6) is 5.88 Å². The Labute approximate surface area is 199 Å². The summed E-state index contributed by atoms with van der Waals surface area (Å²) in [6.07, 6.45) is 1.82. The van der Waals surface area contributed by atoms with Crippen LogP contribution in [-0.4, -0.2) is 48.8 Å². The van der Waals surface area contributed by atoms with E-state index in [4.69, 9.17) is 11.6 Å². The molecular formula is C23H24ClN5O5. The zero-order valence-electron chi connectivity index (χ0n) is 18.8. The maximum atomic E-state index is 12.9. The Morgan fingerprint density at radius 3 is 2.71 bits per heavy atom. The van der Waals surface area contributed by atoms with Crippen molar-refractivity contribution < 1.29 is 19.8 Å². The molecule has 1 atom stereocenters. The number of aromatic nitrogens is 3. The first-order chi connectivity index (χ1) is 16.1. The lowest BCUT2D eigenvalue weighted by atomic mass is 10.0. The molecule has 5 N–H and O–H groups in total. The van der Waals surface area contributed by atoms with Crippen molar-refractivity contribution in [1.29, 1.82) is 0 Å². The Morgan fingerprint density at radius 1 is 1.29 bits per heavy atom. The Balaban J connectivity index is 1.51. The van der Waals surface area contributed by atoms with Crippen molar-refractivity contribution in [3.05, 3.63) is 68.0 Å². The van der Waals surface area contributed by atoms with E-state index in [-0.39, 0.29) is 24.9 Å². The molecule has 2 amide bonds. The molecule has 3 heterocycles. The quantitative estimate of drug-likeness (QED) is 0.338. The van der Waals surface area contributed by atoms with Gasteiger partial charge in [0.15, 0.2) is 0 Å². The van der Waals surface area contributed by atoms with Crippen molar-refractivity contribution in [3.63, 3.8) is 0 Å². The van der Waals surface area contributed by atoms with Crippen LogP contribution < -0.4 is 16.3 Å². The van der Waals surface area contributed by atoms with Gasteiger partial charge in [0.1, 0.15) is 0 Å². The van der Waals surface area contributed by atoms with Crippen LogP contribution in [-0.2, 0) is 18.4 Å². The molecule has 4 rings (SSSR count). The summed E-state index contributed by atoms with van der Waals surface area (Å²) < 4.78 is 2.21. The zero-order chi connectivity index (χ0) is 24.7. The fraction of sp³-hybridized carbons (Fsp3) is 0.261. The van der Waals surface area contributed by atoms with Gasteiger partial charge in [-0.2, -0.15) is 0 Å². The monoisotopic (exact) mass is 485 g/mol. The number of aromatic hydroxyl groups is 1. The number of carbonyl (C=O) groups excluding carboxylic acids is 2. The van der Waals surface area contributed by atoms with Crippen molar-refractivity contribution in [2.24, 2.45) is 7.05 Å². The fourth-order valence-corrected chi connectivity index (χ4v) is 4.21. The number of nitrogens with one attached hydrogen (secondary N) is 3. The second kappa shape index (κ2) is 8.88. The van der Waals surface area contributed by atoms with Gasteiger partial charge < -0.3 is 25.8 Å². The molecule has 3 aromatic rings. The molecule has 0 radical (unpaired) electrons. The average Bonchev–Trinajstić information content (AvgIpc) is 3.32. The van der Waals surface area contributed by atoms with Crippen molar-refractivity contribution in [3.8, 4) is 5.88 Å². The number of rotatable bonds is 6. The second-order valence-corrected chi connectivity index (χ2v) is 8.66. The lowest BCUT2D eigenvalue weighted by Gasteiger charge is -2.13. The number of carbonyl (C=O) groups is 2. The van der Waals surface area contributed by atoms with E-state index in [1.165, 1.54) is 17.8 Å². The van der Waals surface area contributed by atoms with Crippen LogP contribution in [0.2, 0.25) is 5.02 Å². The van der Waals surface area contributed by atoms with E-state index < -0.39 is 17.7 Å². The van der Waals surface area contributed by atoms with Crippen LogP contribution in [0.1, 0.15) is 32.9 Å². The maximum absolute atomic E-state index is 12.9. The number of nitrogens with zero attached hydrogens (tertiary/aromatic N) is 2. The second-order valence-electron chi connectivity index (χ2n) is 8.22. The molecule has 0 bridgehead atoms. The van der Waals surface area contributed by atoms with Gasteiger partial charge in [0.25, 0.3) is 11.8 Å². The number of aliphatic hydroxyl groups excluding tert-OH is 1. The normalized spacial score (nSPS) is 14.9. The first-order valence-corrected chi connectivity index (χ1v) is 10.9. The topological polar surface area (TPSA) is 141 Å². The van der Waals surface area contributed by atoms with E-state index in [9.17, 15) is 24.6 Å². The van der Waals surface area contributed by atoms with Crippen LogP contribution >= 0.6 is 11.6 Å². The molecule has 0 aliphatic carbocycles. The number of halogens is 1. The predicted molar refractivity (Wildman–Crippen MR) is 128 cm³/mol. The Hall–Kier alpha value is -3.76. The third-order valence-corrected chi connectivity index (χ3v) is 6.00. The van der Waals surface area contributed by atoms with E-state index in [0.717, 1.165) is 4.57 Å². The summed E-state index contributed by atoms with van der Waals surface area (Å²) in [5.41, 5.74) is 3.52. The number of hydrogen-bond acceptors (Lipinski definition) is 5. The van der Waals surface area contributed by atoms with Gasteiger partial charge in [-0.3, -0.25) is 18.7 Å². The van der Waals surface area contributed by atoms with E-state index >= 15 is 0 Å². The van der Waals surface area contributed by atoms with Crippen molar-refractivity contribution in [2.45, 2.75) is 26.5 Å². The average molecular weight is 486 g/mol. The van der Waals surface area contributed by atoms with Crippen molar-refractivity contribution >= 4 is 40.8 Å². The molecule has 0 saturated carbocycles. The molecular weight excluding hydrogens is 462 g/mol. The molecule has 0 saturated heterocycles. The van der Waals surface area contributed by atoms with Gasteiger partial charge in [-0.25, -0.2) is 4.79 Å². The zero-order valence-corrected chi connectivity index (χ0v) is 19.5. The number of amides is 2. The van der Waals surface area contributed by atoms with Crippen molar-refractivity contribution in [2.75, 3.05) is 11.9 Å². The summed E-state index contributed by atoms with van der Waals surface area (Å²) in [7, 11) is 1.49. The number of anilines is 1. The molecule has 178 valence electrons. The molecule has 2 aromatic heterocycles. The van der Waals surface area contributed by atoms with Crippen LogP contribution in [0.15, 0.2) is 29.2 Å². The van der Waals surface area contributed by atoms with Gasteiger partial charge in [0.2, 0.25) is 5.88 Å². The lowest BCUT2D eigenvalue weighted by molar-refractivity contribution is -0.110. The number of benzene rings is 1. The van der Waals surface area contributed by atoms with Gasteiger partial charge in [-0.15, -0.1) is 0 Å². The molecule has 0 fully saturated rings. The Bertz CT molecular complexity index is 1400. The van der Waals surface area contributed by atoms with Crippen molar-refractivity contribution in [1.82, 2.24) is 19.4 Å². The molecule has 1 aliphatic heterocycles. The number of aliphatic hydroxyl groups is 1. The SMILES string of the molecule is Cc1[nH]c(C=C2C(=O)Nc3ccc(Cl)cc32)c(C)c1C(=O)NC[C@H](O)Cn1c(O)cn(C)c1=O. The van der Waals surface area contributed by atoms with Gasteiger partial charge in [0, 0.05) is 41.3 Å². The standard InChI is InChI=1S/C23H24ClN5O5/c1-11-18(7-16-15-6-13(24)4-5-17(15)27-21(16)32)26-12(2)20(11)22(33)25-8-14(30)9-29-19(31)10-28(3)23(29)34/h4-7,10,14,26,30-31H,8-9H2,1-3H3,(H,25,33)(H,27,32)/t14-/m0/s1. The van der Waals surface area contributed by atoms with Gasteiger partial charge in [-0.1, -0.05) is 11.6 Å². The molecule has 34 heavy (non-hydrogen) atoms. The predicted octanol–water partition coefficient (Wildman–Crippen LogP) is 1.77. The minimum absolute atomic E-state index is 0.131. The highest BCUT2D eigenvalue weighted by molar-refractivity contribution is 6.36. The summed E-state index contributed by atoms with van der Waals surface area (Å²) in [4.78, 5) is 40.4. The highest BCUT2D eigenvalue weighted by Gasteiger charge is 2.26. The van der Waals surface area contributed by atoms with E-state index in [1.54, 1.807) is 38.1 Å². The summed E-state index contributed by atoms with van der Waals surface area (Å²) >= 11 is 6.09. The molecule has 10 nitrogen and oxygen atoms in total. The number of imidazole rings is 1. The minimum Gasteiger partial charge on any atom is -0.493 e.